The molecule has 30 heavy (non-hydrogen) atoms. The van der Waals surface area contributed by atoms with Gasteiger partial charge in [0, 0.05) is 28.4 Å². The zero-order chi connectivity index (χ0) is 20.8. The summed E-state index contributed by atoms with van der Waals surface area (Å²) < 4.78 is 0. The molecule has 1 aromatic carbocycles. The molecule has 2 amide bonds. The number of nitrogens with one attached hydrogen (secondary N) is 3. The zero-order valence-corrected chi connectivity index (χ0v) is 17.5. The van der Waals surface area contributed by atoms with E-state index >= 15 is 0 Å². The quantitative estimate of drug-likeness (QED) is 0.440. The minimum atomic E-state index is -0.338. The molecule has 4 aromatic rings. The van der Waals surface area contributed by atoms with Crippen molar-refractivity contribution in [2.45, 2.75) is 39.0 Å². The third kappa shape index (κ3) is 3.33. The number of carbonyl (C=O) groups is 2. The lowest BCUT2D eigenvalue weighted by Crippen LogP contribution is -2.42. The second kappa shape index (κ2) is 7.21. The first kappa shape index (κ1) is 18.7. The molecule has 0 bridgehead atoms. The van der Waals surface area contributed by atoms with Gasteiger partial charge in [0.2, 0.25) is 5.91 Å². The highest BCUT2D eigenvalue weighted by atomic mass is 32.1. The Morgan fingerprint density at radius 3 is 2.77 bits per heavy atom. The first-order chi connectivity index (χ1) is 14.5. The van der Waals surface area contributed by atoms with Gasteiger partial charge < -0.3 is 4.98 Å². The van der Waals surface area contributed by atoms with Crippen LogP contribution in [-0.4, -0.2) is 26.8 Å². The van der Waals surface area contributed by atoms with E-state index in [2.05, 4.69) is 25.8 Å². The number of benzene rings is 1. The molecule has 0 unspecified atom stereocenters. The van der Waals surface area contributed by atoms with Crippen LogP contribution in [0.25, 0.3) is 21.1 Å². The van der Waals surface area contributed by atoms with Crippen LogP contribution in [0.4, 0.5) is 0 Å². The molecule has 1 saturated carbocycles. The van der Waals surface area contributed by atoms with Crippen LogP contribution in [-0.2, 0) is 11.2 Å². The van der Waals surface area contributed by atoms with Crippen LogP contribution in [0.15, 0.2) is 30.5 Å². The van der Waals surface area contributed by atoms with Crippen LogP contribution in [0.1, 0.15) is 51.1 Å². The SMILES string of the molecule is Cc1nc(C2CC2)nc2sc(C(=O)NNC(=O)Cc3c[nH]c4ccccc34)c(C)c12. The van der Waals surface area contributed by atoms with Gasteiger partial charge in [-0.05, 0) is 43.9 Å². The maximum absolute atomic E-state index is 12.7. The number of nitrogens with zero attached hydrogens (tertiary/aromatic N) is 2. The third-order valence-electron chi connectivity index (χ3n) is 5.48. The summed E-state index contributed by atoms with van der Waals surface area (Å²) in [4.78, 5) is 38.9. The van der Waals surface area contributed by atoms with Crippen molar-refractivity contribution >= 4 is 44.3 Å². The fourth-order valence-corrected chi connectivity index (χ4v) is 4.91. The van der Waals surface area contributed by atoms with E-state index in [1.807, 2.05) is 44.3 Å². The molecule has 7 nitrogen and oxygen atoms in total. The molecule has 1 aliphatic carbocycles. The molecule has 5 rings (SSSR count). The van der Waals surface area contributed by atoms with Crippen LogP contribution in [0.3, 0.4) is 0 Å². The molecular weight excluding hydrogens is 398 g/mol. The van der Waals surface area contributed by atoms with Crippen LogP contribution in [0, 0.1) is 13.8 Å². The minimum absolute atomic E-state index is 0.172. The smallest absolute Gasteiger partial charge is 0.280 e. The van der Waals surface area contributed by atoms with E-state index in [1.165, 1.54) is 11.3 Å². The van der Waals surface area contributed by atoms with Gasteiger partial charge in [-0.25, -0.2) is 9.97 Å². The van der Waals surface area contributed by atoms with E-state index in [4.69, 9.17) is 0 Å². The Bertz CT molecular complexity index is 1300. The van der Waals surface area contributed by atoms with Gasteiger partial charge in [0.25, 0.3) is 5.91 Å². The van der Waals surface area contributed by atoms with Crippen LogP contribution in [0.2, 0.25) is 0 Å². The lowest BCUT2D eigenvalue weighted by molar-refractivity contribution is -0.121. The van der Waals surface area contributed by atoms with E-state index < -0.39 is 0 Å². The number of hydrogen-bond acceptors (Lipinski definition) is 5. The maximum atomic E-state index is 12.7. The van der Waals surface area contributed by atoms with Gasteiger partial charge in [-0.2, -0.15) is 0 Å². The Morgan fingerprint density at radius 1 is 1.17 bits per heavy atom. The highest BCUT2D eigenvalue weighted by Gasteiger charge is 2.28. The highest BCUT2D eigenvalue weighted by Crippen LogP contribution is 2.40. The summed E-state index contributed by atoms with van der Waals surface area (Å²) in [6.45, 7) is 3.86. The van der Waals surface area contributed by atoms with Crippen molar-refractivity contribution < 1.29 is 9.59 Å². The fourth-order valence-electron chi connectivity index (χ4n) is 3.78. The lowest BCUT2D eigenvalue weighted by atomic mass is 10.1. The zero-order valence-electron chi connectivity index (χ0n) is 16.7. The van der Waals surface area contributed by atoms with Crippen LogP contribution in [0.5, 0.6) is 0 Å². The molecule has 3 N–H and O–H groups in total. The molecule has 0 aliphatic heterocycles. The summed E-state index contributed by atoms with van der Waals surface area (Å²) in [6, 6.07) is 7.80. The standard InChI is InChI=1S/C22H21N5O2S/c1-11-18-12(2)24-20(13-7-8-13)25-22(18)30-19(11)21(29)27-26-17(28)9-14-10-23-16-6-4-3-5-15(14)16/h3-6,10,13,23H,7-9H2,1-2H3,(H,26,28)(H,27,29). The number of aryl methyl sites for hydroxylation is 2. The molecular formula is C22H21N5O2S. The van der Waals surface area contributed by atoms with Gasteiger partial charge in [-0.1, -0.05) is 18.2 Å². The van der Waals surface area contributed by atoms with E-state index in [-0.39, 0.29) is 18.2 Å². The summed E-state index contributed by atoms with van der Waals surface area (Å²) in [5.74, 6) is 0.714. The number of hydrazine groups is 1. The number of carbonyl (C=O) groups excluding carboxylic acids is 2. The van der Waals surface area contributed by atoms with Gasteiger partial charge in [0.1, 0.15) is 10.7 Å². The summed E-state index contributed by atoms with van der Waals surface area (Å²) in [7, 11) is 0. The number of hydrogen-bond donors (Lipinski definition) is 3. The average molecular weight is 420 g/mol. The van der Waals surface area contributed by atoms with E-state index in [0.29, 0.717) is 10.8 Å². The summed E-state index contributed by atoms with van der Waals surface area (Å²) in [5.41, 5.74) is 8.68. The van der Waals surface area contributed by atoms with Crippen molar-refractivity contribution in [2.75, 3.05) is 0 Å². The van der Waals surface area contributed by atoms with Crippen molar-refractivity contribution in [1.29, 1.82) is 0 Å². The van der Waals surface area contributed by atoms with Gasteiger partial charge in [0.05, 0.1) is 17.0 Å². The van der Waals surface area contributed by atoms with Crippen molar-refractivity contribution in [3.63, 3.8) is 0 Å². The van der Waals surface area contributed by atoms with Crippen LogP contribution >= 0.6 is 11.3 Å². The Morgan fingerprint density at radius 2 is 1.97 bits per heavy atom. The van der Waals surface area contributed by atoms with Crippen molar-refractivity contribution in [3.05, 3.63) is 58.0 Å². The average Bonchev–Trinajstić information content (AvgIpc) is 3.43. The van der Waals surface area contributed by atoms with Gasteiger partial charge in [-0.3, -0.25) is 20.4 Å². The first-order valence-corrected chi connectivity index (χ1v) is 10.7. The van der Waals surface area contributed by atoms with E-state index in [0.717, 1.165) is 56.6 Å². The van der Waals surface area contributed by atoms with Crippen molar-refractivity contribution in [3.8, 4) is 0 Å². The number of aromatic amines is 1. The predicted octanol–water partition coefficient (Wildman–Crippen LogP) is 3.67. The lowest BCUT2D eigenvalue weighted by Gasteiger charge is -2.07. The number of para-hydroxylation sites is 1. The molecule has 8 heteroatoms. The molecule has 3 aromatic heterocycles. The van der Waals surface area contributed by atoms with Crippen LogP contribution < -0.4 is 10.9 Å². The van der Waals surface area contributed by atoms with E-state index in [1.54, 1.807) is 0 Å². The number of H-pyrrole nitrogens is 1. The van der Waals surface area contributed by atoms with E-state index in [9.17, 15) is 9.59 Å². The number of aromatic nitrogens is 3. The molecule has 3 heterocycles. The molecule has 0 atom stereocenters. The van der Waals surface area contributed by atoms with Crippen molar-refractivity contribution in [1.82, 2.24) is 25.8 Å². The largest absolute Gasteiger partial charge is 0.361 e. The van der Waals surface area contributed by atoms with Crippen molar-refractivity contribution in [2.24, 2.45) is 0 Å². The Kier molecular flexibility index (Phi) is 4.51. The first-order valence-electron chi connectivity index (χ1n) is 9.93. The minimum Gasteiger partial charge on any atom is -0.361 e. The molecule has 152 valence electrons. The summed E-state index contributed by atoms with van der Waals surface area (Å²) in [6.07, 6.45) is 4.25. The molecule has 1 aliphatic rings. The summed E-state index contributed by atoms with van der Waals surface area (Å²) in [5, 5.41) is 1.93. The highest BCUT2D eigenvalue weighted by molar-refractivity contribution is 7.20. The van der Waals surface area contributed by atoms with Gasteiger partial charge in [-0.15, -0.1) is 11.3 Å². The normalized spacial score (nSPS) is 13.7. The second-order valence-corrected chi connectivity index (χ2v) is 8.72. The number of rotatable bonds is 4. The predicted molar refractivity (Wildman–Crippen MR) is 116 cm³/mol. The Hall–Kier alpha value is -3.26. The third-order valence-corrected chi connectivity index (χ3v) is 6.66. The molecule has 0 radical (unpaired) electrons. The van der Waals surface area contributed by atoms with Gasteiger partial charge in [0.15, 0.2) is 0 Å². The summed E-state index contributed by atoms with van der Waals surface area (Å²) >= 11 is 1.34. The van der Waals surface area contributed by atoms with Gasteiger partial charge >= 0.3 is 0 Å². The number of amides is 2. The fraction of sp³-hybridized carbons (Fsp3) is 0.273. The Labute approximate surface area is 176 Å². The molecule has 0 saturated heterocycles. The number of thiophene rings is 1. The maximum Gasteiger partial charge on any atom is 0.280 e. The topological polar surface area (TPSA) is 99.8 Å². The monoisotopic (exact) mass is 419 g/mol. The molecule has 0 spiro atoms. The second-order valence-electron chi connectivity index (χ2n) is 7.72. The Balaban J connectivity index is 1.30. The number of fused-ring (bicyclic) bond motifs is 2. The molecule has 1 fully saturated rings.